The number of rotatable bonds is 6. The number of carbonyl (C=O) groups is 1. The van der Waals surface area contributed by atoms with Gasteiger partial charge in [0.15, 0.2) is 0 Å². The third-order valence-electron chi connectivity index (χ3n) is 5.54. The lowest BCUT2D eigenvalue weighted by molar-refractivity contribution is 0.0730. The van der Waals surface area contributed by atoms with Crippen molar-refractivity contribution in [3.63, 3.8) is 0 Å². The zero-order chi connectivity index (χ0) is 22.6. The van der Waals surface area contributed by atoms with Gasteiger partial charge in [0.2, 0.25) is 10.0 Å². The molecule has 1 fully saturated rings. The van der Waals surface area contributed by atoms with E-state index in [0.29, 0.717) is 49.5 Å². The van der Waals surface area contributed by atoms with Crippen LogP contribution in [0.15, 0.2) is 77.7 Å². The standard InChI is InChI=1S/C25H26N2O4S/c1-19-11-12-22(18-24(19)32(29,30)27-13-15-31-16-14-27)25(28)26-23-10-6-5-9-21(23)17-20-7-3-2-4-8-20/h2-12,18H,13-17H2,1H3,(H,26,28). The summed E-state index contributed by atoms with van der Waals surface area (Å²) in [4.78, 5) is 13.2. The number of ether oxygens (including phenoxy) is 1. The maximum atomic E-state index is 13.1. The molecule has 0 aliphatic carbocycles. The number of carbonyl (C=O) groups excluding carboxylic acids is 1. The van der Waals surface area contributed by atoms with Gasteiger partial charge < -0.3 is 10.1 Å². The van der Waals surface area contributed by atoms with Crippen LogP contribution in [0.2, 0.25) is 0 Å². The molecule has 7 heteroatoms. The van der Waals surface area contributed by atoms with Crippen LogP contribution in [0.25, 0.3) is 0 Å². The van der Waals surface area contributed by atoms with E-state index in [0.717, 1.165) is 11.1 Å². The second-order valence-electron chi connectivity index (χ2n) is 7.77. The summed E-state index contributed by atoms with van der Waals surface area (Å²) < 4.78 is 33.0. The van der Waals surface area contributed by atoms with Gasteiger partial charge in [0.05, 0.1) is 18.1 Å². The van der Waals surface area contributed by atoms with Gasteiger partial charge in [0.1, 0.15) is 0 Å². The van der Waals surface area contributed by atoms with Crippen molar-refractivity contribution in [3.05, 3.63) is 95.1 Å². The van der Waals surface area contributed by atoms with Gasteiger partial charge >= 0.3 is 0 Å². The Balaban J connectivity index is 1.58. The lowest BCUT2D eigenvalue weighted by Gasteiger charge is -2.26. The predicted molar refractivity (Wildman–Crippen MR) is 124 cm³/mol. The molecule has 0 bridgehead atoms. The van der Waals surface area contributed by atoms with E-state index in [-0.39, 0.29) is 10.8 Å². The van der Waals surface area contributed by atoms with Gasteiger partial charge in [0, 0.05) is 24.3 Å². The van der Waals surface area contributed by atoms with E-state index in [1.807, 2.05) is 54.6 Å². The molecule has 32 heavy (non-hydrogen) atoms. The van der Waals surface area contributed by atoms with E-state index in [9.17, 15) is 13.2 Å². The predicted octanol–water partition coefficient (Wildman–Crippen LogP) is 3.86. The summed E-state index contributed by atoms with van der Waals surface area (Å²) in [6, 6.07) is 22.5. The molecular weight excluding hydrogens is 424 g/mol. The largest absolute Gasteiger partial charge is 0.379 e. The molecule has 0 unspecified atom stereocenters. The lowest BCUT2D eigenvalue weighted by Crippen LogP contribution is -2.40. The Morgan fingerprint density at radius 2 is 1.66 bits per heavy atom. The van der Waals surface area contributed by atoms with Crippen molar-refractivity contribution in [2.24, 2.45) is 0 Å². The molecule has 1 aliphatic rings. The van der Waals surface area contributed by atoms with Crippen LogP contribution in [-0.4, -0.2) is 44.9 Å². The van der Waals surface area contributed by atoms with Crippen LogP contribution in [0.1, 0.15) is 27.0 Å². The number of hydrogen-bond acceptors (Lipinski definition) is 4. The van der Waals surface area contributed by atoms with Gasteiger partial charge in [-0.2, -0.15) is 4.31 Å². The van der Waals surface area contributed by atoms with Gasteiger partial charge in [-0.05, 0) is 48.2 Å². The molecule has 0 spiro atoms. The number of benzene rings is 3. The van der Waals surface area contributed by atoms with Crippen LogP contribution >= 0.6 is 0 Å². The van der Waals surface area contributed by atoms with Crippen LogP contribution < -0.4 is 5.32 Å². The van der Waals surface area contributed by atoms with Crippen LogP contribution in [-0.2, 0) is 21.2 Å². The fraction of sp³-hybridized carbons (Fsp3) is 0.240. The fourth-order valence-corrected chi connectivity index (χ4v) is 5.41. The minimum absolute atomic E-state index is 0.157. The van der Waals surface area contributed by atoms with Crippen molar-refractivity contribution in [1.29, 1.82) is 0 Å². The molecular formula is C25H26N2O4S. The zero-order valence-corrected chi connectivity index (χ0v) is 18.8. The number of amides is 1. The minimum atomic E-state index is -3.70. The Hall–Kier alpha value is -3.00. The number of anilines is 1. The first-order chi connectivity index (χ1) is 15.4. The monoisotopic (exact) mass is 450 g/mol. The zero-order valence-electron chi connectivity index (χ0n) is 18.0. The first kappa shape index (κ1) is 22.2. The molecule has 0 radical (unpaired) electrons. The summed E-state index contributed by atoms with van der Waals surface area (Å²) in [5, 5.41) is 2.96. The molecule has 3 aromatic carbocycles. The van der Waals surface area contributed by atoms with Crippen LogP contribution in [0.3, 0.4) is 0 Å². The van der Waals surface area contributed by atoms with Crippen molar-refractivity contribution in [3.8, 4) is 0 Å². The third-order valence-corrected chi connectivity index (χ3v) is 7.58. The number of nitrogens with one attached hydrogen (secondary N) is 1. The Morgan fingerprint density at radius 1 is 0.969 bits per heavy atom. The minimum Gasteiger partial charge on any atom is -0.379 e. The second-order valence-corrected chi connectivity index (χ2v) is 9.68. The molecule has 166 valence electrons. The van der Waals surface area contributed by atoms with Crippen molar-refractivity contribution >= 4 is 21.6 Å². The average Bonchev–Trinajstić information content (AvgIpc) is 2.82. The van der Waals surface area contributed by atoms with Crippen molar-refractivity contribution < 1.29 is 17.9 Å². The molecule has 3 aromatic rings. The van der Waals surface area contributed by atoms with E-state index in [1.165, 1.54) is 10.4 Å². The smallest absolute Gasteiger partial charge is 0.255 e. The first-order valence-corrected chi connectivity index (χ1v) is 12.0. The fourth-order valence-electron chi connectivity index (χ4n) is 3.75. The number of aryl methyl sites for hydroxylation is 1. The van der Waals surface area contributed by atoms with Gasteiger partial charge in [-0.1, -0.05) is 54.6 Å². The molecule has 1 amide bonds. The highest BCUT2D eigenvalue weighted by atomic mass is 32.2. The Kier molecular flexibility index (Phi) is 6.69. The van der Waals surface area contributed by atoms with E-state index >= 15 is 0 Å². The van der Waals surface area contributed by atoms with Gasteiger partial charge in [-0.3, -0.25) is 4.79 Å². The Bertz CT molecular complexity index is 1200. The van der Waals surface area contributed by atoms with Crippen LogP contribution in [0, 0.1) is 6.92 Å². The Morgan fingerprint density at radius 3 is 2.41 bits per heavy atom. The molecule has 1 saturated heterocycles. The summed E-state index contributed by atoms with van der Waals surface area (Å²) >= 11 is 0. The molecule has 1 N–H and O–H groups in total. The number of morpholine rings is 1. The molecule has 1 heterocycles. The van der Waals surface area contributed by atoms with Gasteiger partial charge in [0.25, 0.3) is 5.91 Å². The quantitative estimate of drug-likeness (QED) is 0.619. The maximum Gasteiger partial charge on any atom is 0.255 e. The highest BCUT2D eigenvalue weighted by molar-refractivity contribution is 7.89. The second kappa shape index (κ2) is 9.65. The van der Waals surface area contributed by atoms with E-state index < -0.39 is 10.0 Å². The van der Waals surface area contributed by atoms with E-state index in [4.69, 9.17) is 4.74 Å². The normalized spacial score (nSPS) is 14.8. The summed E-state index contributed by atoms with van der Waals surface area (Å²) in [5.41, 5.74) is 3.75. The highest BCUT2D eigenvalue weighted by Crippen LogP contribution is 2.24. The van der Waals surface area contributed by atoms with Gasteiger partial charge in [-0.15, -0.1) is 0 Å². The molecule has 0 saturated carbocycles. The van der Waals surface area contributed by atoms with Crippen LogP contribution in [0.4, 0.5) is 5.69 Å². The third kappa shape index (κ3) is 4.91. The summed E-state index contributed by atoms with van der Waals surface area (Å²) in [7, 11) is -3.70. The summed E-state index contributed by atoms with van der Waals surface area (Å²) in [6.07, 6.45) is 0.682. The number of sulfonamides is 1. The summed E-state index contributed by atoms with van der Waals surface area (Å²) in [6.45, 7) is 3.10. The summed E-state index contributed by atoms with van der Waals surface area (Å²) in [5.74, 6) is -0.344. The average molecular weight is 451 g/mol. The molecule has 0 atom stereocenters. The van der Waals surface area contributed by atoms with Crippen molar-refractivity contribution in [2.75, 3.05) is 31.6 Å². The molecule has 6 nitrogen and oxygen atoms in total. The number of hydrogen-bond donors (Lipinski definition) is 1. The maximum absolute atomic E-state index is 13.1. The number of para-hydroxylation sites is 1. The van der Waals surface area contributed by atoms with Crippen molar-refractivity contribution in [1.82, 2.24) is 4.31 Å². The molecule has 0 aromatic heterocycles. The Labute approximate surface area is 188 Å². The first-order valence-electron chi connectivity index (χ1n) is 10.6. The highest BCUT2D eigenvalue weighted by Gasteiger charge is 2.28. The van der Waals surface area contributed by atoms with E-state index in [2.05, 4.69) is 5.32 Å². The SMILES string of the molecule is Cc1ccc(C(=O)Nc2ccccc2Cc2ccccc2)cc1S(=O)(=O)N1CCOCC1. The molecule has 1 aliphatic heterocycles. The molecule has 4 rings (SSSR count). The number of nitrogens with zero attached hydrogens (tertiary/aromatic N) is 1. The topological polar surface area (TPSA) is 75.7 Å². The lowest BCUT2D eigenvalue weighted by atomic mass is 10.0. The van der Waals surface area contributed by atoms with Crippen LogP contribution in [0.5, 0.6) is 0 Å². The van der Waals surface area contributed by atoms with E-state index in [1.54, 1.807) is 19.1 Å². The van der Waals surface area contributed by atoms with Crippen molar-refractivity contribution in [2.45, 2.75) is 18.2 Å². The van der Waals surface area contributed by atoms with Gasteiger partial charge in [-0.25, -0.2) is 8.42 Å².